The maximum atomic E-state index is 11.7. The summed E-state index contributed by atoms with van der Waals surface area (Å²) in [5.41, 5.74) is -0.0364. The van der Waals surface area contributed by atoms with E-state index in [1.165, 1.54) is 0 Å². The lowest BCUT2D eigenvalue weighted by atomic mass is 10.1. The second kappa shape index (κ2) is 4.81. The molecule has 2 atom stereocenters. The fraction of sp³-hybridized carbons (Fsp3) is 0.692. The molecular formula is C13H20O3. The average Bonchev–Trinajstić information content (AvgIpc) is 2.67. The zero-order chi connectivity index (χ0) is 12.3. The fourth-order valence-electron chi connectivity index (χ4n) is 2.07. The highest BCUT2D eigenvalue weighted by molar-refractivity contribution is 5.78. The zero-order valence-corrected chi connectivity index (χ0v) is 10.4. The molecule has 0 aliphatic heterocycles. The van der Waals surface area contributed by atoms with E-state index in [0.29, 0.717) is 6.42 Å². The zero-order valence-electron chi connectivity index (χ0n) is 10.4. The SMILES string of the molecule is CC(C)OC(=O)C1C(C=CCC=O)C1(C)C. The van der Waals surface area contributed by atoms with Crippen LogP contribution in [0, 0.1) is 17.3 Å². The average molecular weight is 224 g/mol. The van der Waals surface area contributed by atoms with Crippen LogP contribution in [0.15, 0.2) is 12.2 Å². The van der Waals surface area contributed by atoms with Gasteiger partial charge in [-0.25, -0.2) is 0 Å². The van der Waals surface area contributed by atoms with Gasteiger partial charge in [0.1, 0.15) is 6.29 Å². The minimum Gasteiger partial charge on any atom is -0.463 e. The van der Waals surface area contributed by atoms with E-state index in [2.05, 4.69) is 13.8 Å². The molecule has 0 heterocycles. The first-order valence-corrected chi connectivity index (χ1v) is 5.72. The molecule has 0 amide bonds. The predicted octanol–water partition coefficient (Wildman–Crippen LogP) is 2.36. The Morgan fingerprint density at radius 1 is 1.44 bits per heavy atom. The van der Waals surface area contributed by atoms with Gasteiger partial charge in [-0.05, 0) is 25.2 Å². The smallest absolute Gasteiger partial charge is 0.310 e. The fourth-order valence-corrected chi connectivity index (χ4v) is 2.07. The molecule has 0 radical (unpaired) electrons. The van der Waals surface area contributed by atoms with Gasteiger partial charge in [0.15, 0.2) is 0 Å². The minimum atomic E-state index is -0.124. The van der Waals surface area contributed by atoms with Crippen molar-refractivity contribution in [1.82, 2.24) is 0 Å². The number of hydrogen-bond acceptors (Lipinski definition) is 3. The monoisotopic (exact) mass is 224 g/mol. The third-order valence-corrected chi connectivity index (χ3v) is 3.09. The maximum absolute atomic E-state index is 11.7. The lowest BCUT2D eigenvalue weighted by Crippen LogP contribution is -2.15. The summed E-state index contributed by atoms with van der Waals surface area (Å²) in [7, 11) is 0. The Hall–Kier alpha value is -1.12. The first-order valence-electron chi connectivity index (χ1n) is 5.72. The Kier molecular flexibility index (Phi) is 3.89. The number of allylic oxidation sites excluding steroid dienone is 2. The van der Waals surface area contributed by atoms with E-state index in [1.807, 2.05) is 26.0 Å². The first kappa shape index (κ1) is 12.9. The lowest BCUT2D eigenvalue weighted by molar-refractivity contribution is -0.150. The number of carbonyl (C=O) groups is 2. The van der Waals surface area contributed by atoms with Gasteiger partial charge in [0.05, 0.1) is 12.0 Å². The highest BCUT2D eigenvalue weighted by Gasteiger charge is 2.61. The van der Waals surface area contributed by atoms with E-state index in [9.17, 15) is 9.59 Å². The van der Waals surface area contributed by atoms with Crippen molar-refractivity contribution in [3.63, 3.8) is 0 Å². The Labute approximate surface area is 96.9 Å². The standard InChI is InChI=1S/C13H20O3/c1-9(2)16-12(15)11-10(13(11,3)4)7-5-6-8-14/h5,7-11H,6H2,1-4H3. The molecule has 0 aromatic heterocycles. The van der Waals surface area contributed by atoms with Gasteiger partial charge in [-0.1, -0.05) is 26.0 Å². The van der Waals surface area contributed by atoms with Crippen LogP contribution < -0.4 is 0 Å². The molecule has 0 aromatic rings. The van der Waals surface area contributed by atoms with E-state index in [1.54, 1.807) is 0 Å². The summed E-state index contributed by atoms with van der Waals surface area (Å²) in [5.74, 6) is 0.0252. The van der Waals surface area contributed by atoms with Crippen LogP contribution in [0.4, 0.5) is 0 Å². The minimum absolute atomic E-state index is 0.0364. The van der Waals surface area contributed by atoms with E-state index in [-0.39, 0.29) is 29.3 Å². The molecule has 3 nitrogen and oxygen atoms in total. The summed E-state index contributed by atoms with van der Waals surface area (Å²) in [6, 6.07) is 0. The van der Waals surface area contributed by atoms with Crippen LogP contribution in [-0.2, 0) is 14.3 Å². The molecule has 0 saturated heterocycles. The molecule has 1 fully saturated rings. The van der Waals surface area contributed by atoms with Crippen molar-refractivity contribution in [2.24, 2.45) is 17.3 Å². The van der Waals surface area contributed by atoms with Crippen LogP contribution in [0.1, 0.15) is 34.1 Å². The molecular weight excluding hydrogens is 204 g/mol. The van der Waals surface area contributed by atoms with Crippen LogP contribution in [0.3, 0.4) is 0 Å². The normalized spacial score (nSPS) is 27.1. The van der Waals surface area contributed by atoms with Gasteiger partial charge in [0.2, 0.25) is 0 Å². The van der Waals surface area contributed by atoms with Gasteiger partial charge < -0.3 is 9.53 Å². The van der Waals surface area contributed by atoms with Crippen LogP contribution in [-0.4, -0.2) is 18.4 Å². The number of aldehydes is 1. The molecule has 1 aliphatic rings. The van der Waals surface area contributed by atoms with Gasteiger partial charge in [0.25, 0.3) is 0 Å². The highest BCUT2D eigenvalue weighted by atomic mass is 16.5. The number of carbonyl (C=O) groups excluding carboxylic acids is 2. The van der Waals surface area contributed by atoms with Gasteiger partial charge in [0, 0.05) is 6.42 Å². The van der Waals surface area contributed by atoms with Crippen LogP contribution in [0.25, 0.3) is 0 Å². The second-order valence-corrected chi connectivity index (χ2v) is 5.14. The number of hydrogen-bond donors (Lipinski definition) is 0. The van der Waals surface area contributed by atoms with Gasteiger partial charge in [-0.3, -0.25) is 4.79 Å². The summed E-state index contributed by atoms with van der Waals surface area (Å²) < 4.78 is 5.20. The Morgan fingerprint density at radius 2 is 2.06 bits per heavy atom. The summed E-state index contributed by atoms with van der Waals surface area (Å²) in [4.78, 5) is 21.9. The van der Waals surface area contributed by atoms with Gasteiger partial charge in [-0.15, -0.1) is 0 Å². The quantitative estimate of drug-likeness (QED) is 0.409. The Bertz CT molecular complexity index is 302. The number of ether oxygens (including phenoxy) is 1. The van der Waals surface area contributed by atoms with Gasteiger partial charge >= 0.3 is 5.97 Å². The molecule has 0 N–H and O–H groups in total. The van der Waals surface area contributed by atoms with E-state index < -0.39 is 0 Å². The van der Waals surface area contributed by atoms with Crippen LogP contribution >= 0.6 is 0 Å². The molecule has 0 aromatic carbocycles. The lowest BCUT2D eigenvalue weighted by Gasteiger charge is -2.08. The van der Waals surface area contributed by atoms with E-state index in [4.69, 9.17) is 4.74 Å². The van der Waals surface area contributed by atoms with Crippen molar-refractivity contribution < 1.29 is 14.3 Å². The highest BCUT2D eigenvalue weighted by Crippen LogP contribution is 2.59. The van der Waals surface area contributed by atoms with Crippen molar-refractivity contribution in [1.29, 1.82) is 0 Å². The molecule has 1 rings (SSSR count). The van der Waals surface area contributed by atoms with Crippen molar-refractivity contribution in [2.45, 2.75) is 40.2 Å². The first-order chi connectivity index (χ1) is 7.41. The third kappa shape index (κ3) is 2.71. The predicted molar refractivity (Wildman–Crippen MR) is 61.8 cm³/mol. The van der Waals surface area contributed by atoms with Crippen molar-refractivity contribution in [2.75, 3.05) is 0 Å². The summed E-state index contributed by atoms with van der Waals surface area (Å²) in [6.07, 6.45) is 4.98. The van der Waals surface area contributed by atoms with Crippen LogP contribution in [0.5, 0.6) is 0 Å². The van der Waals surface area contributed by atoms with Crippen molar-refractivity contribution >= 4 is 12.3 Å². The number of esters is 1. The third-order valence-electron chi connectivity index (χ3n) is 3.09. The van der Waals surface area contributed by atoms with Crippen molar-refractivity contribution in [3.8, 4) is 0 Å². The van der Waals surface area contributed by atoms with Crippen LogP contribution in [0.2, 0.25) is 0 Å². The summed E-state index contributed by atoms with van der Waals surface area (Å²) in [5, 5.41) is 0. The molecule has 16 heavy (non-hydrogen) atoms. The molecule has 2 unspecified atom stereocenters. The number of rotatable bonds is 5. The van der Waals surface area contributed by atoms with Crippen molar-refractivity contribution in [3.05, 3.63) is 12.2 Å². The molecule has 1 saturated carbocycles. The maximum Gasteiger partial charge on any atom is 0.310 e. The molecule has 0 bridgehead atoms. The molecule has 1 aliphatic carbocycles. The van der Waals surface area contributed by atoms with Gasteiger partial charge in [-0.2, -0.15) is 0 Å². The summed E-state index contributed by atoms with van der Waals surface area (Å²) >= 11 is 0. The van der Waals surface area contributed by atoms with E-state index >= 15 is 0 Å². The topological polar surface area (TPSA) is 43.4 Å². The molecule has 0 spiro atoms. The van der Waals surface area contributed by atoms with E-state index in [0.717, 1.165) is 6.29 Å². The second-order valence-electron chi connectivity index (χ2n) is 5.14. The summed E-state index contributed by atoms with van der Waals surface area (Å²) in [6.45, 7) is 7.80. The molecule has 3 heteroatoms. The largest absolute Gasteiger partial charge is 0.463 e. The Balaban J connectivity index is 2.56. The Morgan fingerprint density at radius 3 is 2.56 bits per heavy atom. The molecule has 90 valence electrons.